The molecule has 0 aliphatic carbocycles. The lowest BCUT2D eigenvalue weighted by Gasteiger charge is -2.22. The molecule has 2 aromatic carbocycles. The number of carbonyl (C=O) groups excluding carboxylic acids is 1. The van der Waals surface area contributed by atoms with Crippen LogP contribution in [-0.2, 0) is 14.8 Å². The number of hydrogen-bond acceptors (Lipinski definition) is 6. The average Bonchev–Trinajstić information content (AvgIpc) is 3.25. The Bertz CT molecular complexity index is 1000. The minimum Gasteiger partial charge on any atom is -0.490 e. The van der Waals surface area contributed by atoms with Crippen molar-refractivity contribution in [3.05, 3.63) is 52.5 Å². The van der Waals surface area contributed by atoms with Gasteiger partial charge in [-0.25, -0.2) is 17.5 Å². The molecule has 7 nitrogen and oxygen atoms in total. The molecule has 0 radical (unpaired) electrons. The third-order valence-corrected chi connectivity index (χ3v) is 7.10. The van der Waals surface area contributed by atoms with Gasteiger partial charge in [-0.3, -0.25) is 0 Å². The van der Waals surface area contributed by atoms with Gasteiger partial charge in [0, 0.05) is 31.7 Å². The van der Waals surface area contributed by atoms with Crippen LogP contribution in [0.4, 0.5) is 5.69 Å². The van der Waals surface area contributed by atoms with Crippen LogP contribution in [0.1, 0.15) is 23.2 Å². The van der Waals surface area contributed by atoms with Crippen LogP contribution < -0.4 is 9.64 Å². The monoisotopic (exact) mass is 496 g/mol. The van der Waals surface area contributed by atoms with E-state index in [4.69, 9.17) is 9.47 Å². The summed E-state index contributed by atoms with van der Waals surface area (Å²) in [6.45, 7) is 1.89. The van der Waals surface area contributed by atoms with Crippen molar-refractivity contribution in [2.45, 2.75) is 17.7 Å². The third kappa shape index (κ3) is 5.33. The second-order valence-corrected chi connectivity index (χ2v) is 10.2. The van der Waals surface area contributed by atoms with Crippen LogP contribution in [0.15, 0.2) is 51.8 Å². The highest BCUT2D eigenvalue weighted by Crippen LogP contribution is 2.28. The van der Waals surface area contributed by atoms with E-state index in [1.54, 1.807) is 6.07 Å². The van der Waals surface area contributed by atoms with Crippen LogP contribution in [0.3, 0.4) is 0 Å². The van der Waals surface area contributed by atoms with E-state index in [2.05, 4.69) is 20.8 Å². The van der Waals surface area contributed by atoms with Gasteiger partial charge in [0.2, 0.25) is 10.0 Å². The molecule has 0 unspecified atom stereocenters. The standard InChI is InChI=1S/C21H25BrN2O5S/c1-23(2)30(26,27)18-8-9-20(24-10-3-4-11-24)19(15-18)21(25)29-13-12-28-17-7-5-6-16(22)14-17/h5-9,14-15H,3-4,10-13H2,1-2H3. The van der Waals surface area contributed by atoms with Crippen molar-refractivity contribution >= 4 is 37.6 Å². The molecule has 3 rings (SSSR count). The molecule has 1 aliphatic rings. The molecule has 1 saturated heterocycles. The smallest absolute Gasteiger partial charge is 0.340 e. The Balaban J connectivity index is 1.74. The Morgan fingerprint density at radius 2 is 1.83 bits per heavy atom. The number of hydrogen-bond donors (Lipinski definition) is 0. The molecule has 2 aromatic rings. The van der Waals surface area contributed by atoms with Gasteiger partial charge in [0.15, 0.2) is 0 Å². The summed E-state index contributed by atoms with van der Waals surface area (Å²) in [7, 11) is -0.742. The van der Waals surface area contributed by atoms with E-state index in [0.717, 1.165) is 34.7 Å². The van der Waals surface area contributed by atoms with Gasteiger partial charge in [0.25, 0.3) is 0 Å². The number of benzene rings is 2. The van der Waals surface area contributed by atoms with Crippen LogP contribution in [-0.4, -0.2) is 59.1 Å². The van der Waals surface area contributed by atoms with Gasteiger partial charge in [-0.2, -0.15) is 0 Å². The molecule has 1 aliphatic heterocycles. The molecule has 0 amide bonds. The summed E-state index contributed by atoms with van der Waals surface area (Å²) in [6.07, 6.45) is 2.07. The summed E-state index contributed by atoms with van der Waals surface area (Å²) in [5.74, 6) is 0.0998. The van der Waals surface area contributed by atoms with E-state index >= 15 is 0 Å². The number of nitrogens with zero attached hydrogens (tertiary/aromatic N) is 2. The summed E-state index contributed by atoms with van der Waals surface area (Å²) in [5, 5.41) is 0. The van der Waals surface area contributed by atoms with Crippen LogP contribution in [0, 0.1) is 0 Å². The molecule has 162 valence electrons. The summed E-state index contributed by atoms with van der Waals surface area (Å²) in [6, 6.07) is 12.0. The van der Waals surface area contributed by atoms with Crippen molar-refractivity contribution in [3.8, 4) is 5.75 Å². The first-order valence-corrected chi connectivity index (χ1v) is 11.9. The van der Waals surface area contributed by atoms with Gasteiger partial charge in [-0.15, -0.1) is 0 Å². The summed E-state index contributed by atoms with van der Waals surface area (Å²) in [5.41, 5.74) is 0.949. The SMILES string of the molecule is CN(C)S(=O)(=O)c1ccc(N2CCCC2)c(C(=O)OCCOc2cccc(Br)c2)c1. The second kappa shape index (κ2) is 9.80. The predicted octanol–water partition coefficient (Wildman–Crippen LogP) is 3.54. The highest BCUT2D eigenvalue weighted by molar-refractivity contribution is 9.10. The molecular formula is C21H25BrN2O5S. The minimum absolute atomic E-state index is 0.0510. The fourth-order valence-electron chi connectivity index (χ4n) is 3.21. The lowest BCUT2D eigenvalue weighted by molar-refractivity contribution is 0.0451. The molecule has 0 saturated carbocycles. The molecule has 0 N–H and O–H groups in total. The fourth-order valence-corrected chi connectivity index (χ4v) is 4.52. The minimum atomic E-state index is -3.66. The first kappa shape index (κ1) is 22.6. The topological polar surface area (TPSA) is 76.2 Å². The Kier molecular flexibility index (Phi) is 7.38. The van der Waals surface area contributed by atoms with Crippen molar-refractivity contribution in [2.75, 3.05) is 45.3 Å². The summed E-state index contributed by atoms with van der Waals surface area (Å²) in [4.78, 5) is 15.0. The Labute approximate surface area is 185 Å². The quantitative estimate of drug-likeness (QED) is 0.410. The zero-order chi connectivity index (χ0) is 21.7. The molecule has 0 atom stereocenters. The first-order valence-electron chi connectivity index (χ1n) is 9.66. The molecule has 30 heavy (non-hydrogen) atoms. The number of carbonyl (C=O) groups is 1. The van der Waals surface area contributed by atoms with Gasteiger partial charge < -0.3 is 14.4 Å². The number of halogens is 1. The van der Waals surface area contributed by atoms with Crippen molar-refractivity contribution in [1.29, 1.82) is 0 Å². The van der Waals surface area contributed by atoms with Crippen LogP contribution in [0.2, 0.25) is 0 Å². The summed E-state index contributed by atoms with van der Waals surface area (Å²) < 4.78 is 38.0. The zero-order valence-electron chi connectivity index (χ0n) is 17.0. The van der Waals surface area contributed by atoms with Gasteiger partial charge in [-0.05, 0) is 49.2 Å². The maximum absolute atomic E-state index is 12.8. The normalized spacial score (nSPS) is 14.2. The fraction of sp³-hybridized carbons (Fsp3) is 0.381. The van der Waals surface area contributed by atoms with E-state index in [9.17, 15) is 13.2 Å². The Morgan fingerprint density at radius 3 is 2.50 bits per heavy atom. The van der Waals surface area contributed by atoms with Crippen molar-refractivity contribution in [3.63, 3.8) is 0 Å². The Morgan fingerprint density at radius 1 is 1.10 bits per heavy atom. The van der Waals surface area contributed by atoms with E-state index in [1.165, 1.54) is 26.2 Å². The van der Waals surface area contributed by atoms with E-state index in [0.29, 0.717) is 11.4 Å². The van der Waals surface area contributed by atoms with E-state index < -0.39 is 16.0 Å². The van der Waals surface area contributed by atoms with Crippen LogP contribution in [0.25, 0.3) is 0 Å². The number of esters is 1. The van der Waals surface area contributed by atoms with Crippen LogP contribution >= 0.6 is 15.9 Å². The van der Waals surface area contributed by atoms with Gasteiger partial charge in [-0.1, -0.05) is 22.0 Å². The highest BCUT2D eigenvalue weighted by Gasteiger charge is 2.25. The van der Waals surface area contributed by atoms with E-state index in [1.807, 2.05) is 24.3 Å². The van der Waals surface area contributed by atoms with Gasteiger partial charge >= 0.3 is 5.97 Å². The molecular weight excluding hydrogens is 472 g/mol. The lowest BCUT2D eigenvalue weighted by Crippen LogP contribution is -2.25. The largest absolute Gasteiger partial charge is 0.490 e. The van der Waals surface area contributed by atoms with Gasteiger partial charge in [0.05, 0.1) is 16.1 Å². The molecule has 0 spiro atoms. The molecule has 9 heteroatoms. The molecule has 1 heterocycles. The third-order valence-electron chi connectivity index (χ3n) is 4.79. The average molecular weight is 497 g/mol. The van der Waals surface area contributed by atoms with Gasteiger partial charge in [0.1, 0.15) is 19.0 Å². The van der Waals surface area contributed by atoms with Crippen molar-refractivity contribution in [2.24, 2.45) is 0 Å². The second-order valence-electron chi connectivity index (χ2n) is 7.10. The Hall–Kier alpha value is -2.10. The molecule has 0 bridgehead atoms. The molecule has 0 aromatic heterocycles. The maximum Gasteiger partial charge on any atom is 0.340 e. The first-order chi connectivity index (χ1) is 14.3. The maximum atomic E-state index is 12.8. The highest BCUT2D eigenvalue weighted by atomic mass is 79.9. The predicted molar refractivity (Wildman–Crippen MR) is 119 cm³/mol. The number of sulfonamides is 1. The number of ether oxygens (including phenoxy) is 2. The van der Waals surface area contributed by atoms with Crippen molar-refractivity contribution in [1.82, 2.24) is 4.31 Å². The number of anilines is 1. The molecule has 1 fully saturated rings. The lowest BCUT2D eigenvalue weighted by atomic mass is 10.1. The zero-order valence-corrected chi connectivity index (χ0v) is 19.4. The van der Waals surface area contributed by atoms with Crippen LogP contribution in [0.5, 0.6) is 5.75 Å². The van der Waals surface area contributed by atoms with E-state index in [-0.39, 0.29) is 23.7 Å². The van der Waals surface area contributed by atoms with Crippen molar-refractivity contribution < 1.29 is 22.7 Å². The summed E-state index contributed by atoms with van der Waals surface area (Å²) >= 11 is 3.38. The number of rotatable bonds is 8.